The molecule has 8 nitrogen and oxygen atoms in total. The van der Waals surface area contributed by atoms with Crippen molar-refractivity contribution in [2.24, 2.45) is 5.10 Å². The first kappa shape index (κ1) is 23.9. The Kier molecular flexibility index (Phi) is 7.37. The van der Waals surface area contributed by atoms with E-state index < -0.39 is 10.8 Å². The van der Waals surface area contributed by atoms with Gasteiger partial charge in [-0.05, 0) is 50.5 Å². The van der Waals surface area contributed by atoms with Gasteiger partial charge in [-0.2, -0.15) is 5.10 Å². The van der Waals surface area contributed by atoms with E-state index in [0.29, 0.717) is 28.1 Å². The number of hydrogen-bond donors (Lipinski definition) is 1. The van der Waals surface area contributed by atoms with Gasteiger partial charge in [0.15, 0.2) is 11.5 Å². The van der Waals surface area contributed by atoms with E-state index in [0.717, 1.165) is 16.3 Å². The molecule has 0 saturated carbocycles. The monoisotopic (exact) mass is 533 g/mol. The second-order valence-electron chi connectivity index (χ2n) is 7.46. The molecule has 0 unspecified atom stereocenters. The molecule has 4 rings (SSSR count). The Hall–Kier alpha value is -4.24. The molecule has 4 aromatic rings. The van der Waals surface area contributed by atoms with Crippen LogP contribution in [0.4, 0.5) is 5.69 Å². The van der Waals surface area contributed by atoms with Gasteiger partial charge in [0.2, 0.25) is 0 Å². The van der Waals surface area contributed by atoms with Crippen molar-refractivity contribution in [3.63, 3.8) is 0 Å². The summed E-state index contributed by atoms with van der Waals surface area (Å²) in [6, 6.07) is 23.1. The third-order valence-electron chi connectivity index (χ3n) is 5.23. The SMILES string of the molecule is COc1cc(/C=N/NC(=O)c2cccc([N+](=O)[O-])c2)c(Br)cc1OCc1cccc2ccccc12. The molecule has 1 N–H and O–H groups in total. The number of benzene rings is 4. The summed E-state index contributed by atoms with van der Waals surface area (Å²) in [6.45, 7) is 0.358. The maximum Gasteiger partial charge on any atom is 0.271 e. The molecular formula is C26H20BrN3O5. The van der Waals surface area contributed by atoms with Gasteiger partial charge in [-0.1, -0.05) is 48.5 Å². The van der Waals surface area contributed by atoms with Crippen LogP contribution in [0, 0.1) is 10.1 Å². The first-order chi connectivity index (χ1) is 17.0. The molecule has 0 aliphatic rings. The lowest BCUT2D eigenvalue weighted by Gasteiger charge is -2.14. The summed E-state index contributed by atoms with van der Waals surface area (Å²) < 4.78 is 12.2. The van der Waals surface area contributed by atoms with Crippen LogP contribution < -0.4 is 14.9 Å². The lowest BCUT2D eigenvalue weighted by molar-refractivity contribution is -0.384. The molecule has 4 aromatic carbocycles. The van der Waals surface area contributed by atoms with Crippen molar-refractivity contribution in [1.82, 2.24) is 5.43 Å². The molecule has 0 spiro atoms. The number of rotatable bonds is 8. The van der Waals surface area contributed by atoms with Crippen molar-refractivity contribution >= 4 is 44.5 Å². The minimum Gasteiger partial charge on any atom is -0.493 e. The minimum atomic E-state index is -0.567. The van der Waals surface area contributed by atoms with Crippen LogP contribution in [0.2, 0.25) is 0 Å². The number of methoxy groups -OCH3 is 1. The highest BCUT2D eigenvalue weighted by molar-refractivity contribution is 9.10. The lowest BCUT2D eigenvalue weighted by Crippen LogP contribution is -2.17. The molecule has 0 atom stereocenters. The normalized spacial score (nSPS) is 10.9. The summed E-state index contributed by atoms with van der Waals surface area (Å²) >= 11 is 3.50. The summed E-state index contributed by atoms with van der Waals surface area (Å²) in [5.74, 6) is 0.480. The number of amides is 1. The van der Waals surface area contributed by atoms with Gasteiger partial charge in [-0.25, -0.2) is 5.43 Å². The van der Waals surface area contributed by atoms with Crippen LogP contribution in [0.3, 0.4) is 0 Å². The summed E-state index contributed by atoms with van der Waals surface area (Å²) in [4.78, 5) is 22.6. The minimum absolute atomic E-state index is 0.130. The highest BCUT2D eigenvalue weighted by atomic mass is 79.9. The Morgan fingerprint density at radius 3 is 2.63 bits per heavy atom. The van der Waals surface area contributed by atoms with Crippen LogP contribution in [0.15, 0.2) is 88.4 Å². The van der Waals surface area contributed by atoms with Crippen LogP contribution in [0.25, 0.3) is 10.8 Å². The fourth-order valence-corrected chi connectivity index (χ4v) is 3.91. The molecule has 9 heteroatoms. The fraction of sp³-hybridized carbons (Fsp3) is 0.0769. The van der Waals surface area contributed by atoms with Crippen LogP contribution in [0.1, 0.15) is 21.5 Å². The van der Waals surface area contributed by atoms with Crippen LogP contribution >= 0.6 is 15.9 Å². The summed E-state index contributed by atoms with van der Waals surface area (Å²) in [6.07, 6.45) is 1.44. The molecule has 1 amide bonds. The maximum atomic E-state index is 12.3. The second kappa shape index (κ2) is 10.8. The zero-order valence-corrected chi connectivity index (χ0v) is 20.2. The van der Waals surface area contributed by atoms with E-state index >= 15 is 0 Å². The topological polar surface area (TPSA) is 103 Å². The number of non-ortho nitro benzene ring substituents is 1. The molecule has 0 heterocycles. The first-order valence-corrected chi connectivity index (χ1v) is 11.3. The number of nitrogens with one attached hydrogen (secondary N) is 1. The standard InChI is InChI=1S/C26H20BrN3O5/c1-34-24-13-20(15-28-29-26(31)18-8-5-10-21(12-18)30(32)33)23(27)14-25(24)35-16-19-9-4-7-17-6-2-3-11-22(17)19/h2-15H,16H2,1H3,(H,29,31)/b28-15+. The van der Waals surface area contributed by atoms with Crippen LogP contribution in [-0.2, 0) is 6.61 Å². The maximum absolute atomic E-state index is 12.3. The summed E-state index contributed by atoms with van der Waals surface area (Å²) in [5, 5.41) is 17.1. The zero-order valence-electron chi connectivity index (χ0n) is 18.6. The number of nitro benzene ring substituents is 1. The largest absolute Gasteiger partial charge is 0.493 e. The van der Waals surface area contributed by atoms with E-state index in [9.17, 15) is 14.9 Å². The quantitative estimate of drug-likeness (QED) is 0.173. The highest BCUT2D eigenvalue weighted by Gasteiger charge is 2.12. The number of hydrazone groups is 1. The number of halogens is 1. The first-order valence-electron chi connectivity index (χ1n) is 10.5. The van der Waals surface area contributed by atoms with E-state index in [-0.39, 0.29) is 11.3 Å². The van der Waals surface area contributed by atoms with Gasteiger partial charge >= 0.3 is 0 Å². The van der Waals surface area contributed by atoms with Crippen molar-refractivity contribution < 1.29 is 19.2 Å². The van der Waals surface area contributed by atoms with Gasteiger partial charge in [0, 0.05) is 27.7 Å². The van der Waals surface area contributed by atoms with E-state index in [1.807, 2.05) is 24.3 Å². The molecule has 0 fully saturated rings. The number of nitrogens with zero attached hydrogens (tertiary/aromatic N) is 2. The van der Waals surface area contributed by atoms with E-state index in [1.165, 1.54) is 30.5 Å². The lowest BCUT2D eigenvalue weighted by atomic mass is 10.1. The number of carbonyl (C=O) groups is 1. The summed E-state index contributed by atoms with van der Waals surface area (Å²) in [5.41, 5.74) is 4.02. The molecule has 0 saturated heterocycles. The van der Waals surface area contributed by atoms with Crippen molar-refractivity contribution in [1.29, 1.82) is 0 Å². The fourth-order valence-electron chi connectivity index (χ4n) is 3.48. The van der Waals surface area contributed by atoms with Crippen LogP contribution in [-0.4, -0.2) is 24.2 Å². The molecule has 0 bridgehead atoms. The molecule has 35 heavy (non-hydrogen) atoms. The molecule has 0 aliphatic carbocycles. The number of hydrogen-bond acceptors (Lipinski definition) is 6. The van der Waals surface area contributed by atoms with Gasteiger partial charge in [0.05, 0.1) is 18.2 Å². The molecule has 0 aliphatic heterocycles. The Labute approximate surface area is 209 Å². The van der Waals surface area contributed by atoms with Gasteiger partial charge in [0.1, 0.15) is 6.61 Å². The van der Waals surface area contributed by atoms with Gasteiger partial charge in [-0.3, -0.25) is 14.9 Å². The van der Waals surface area contributed by atoms with E-state index in [1.54, 1.807) is 19.2 Å². The molecule has 176 valence electrons. The van der Waals surface area contributed by atoms with Gasteiger partial charge in [-0.15, -0.1) is 0 Å². The molecule has 0 radical (unpaired) electrons. The van der Waals surface area contributed by atoms with Crippen molar-refractivity contribution in [3.05, 3.63) is 110 Å². The van der Waals surface area contributed by atoms with Gasteiger partial charge in [0.25, 0.3) is 11.6 Å². The zero-order chi connectivity index (χ0) is 24.8. The predicted octanol–water partition coefficient (Wildman–Crippen LogP) is 5.86. The number of fused-ring (bicyclic) bond motifs is 1. The third-order valence-corrected chi connectivity index (χ3v) is 5.92. The predicted molar refractivity (Wildman–Crippen MR) is 137 cm³/mol. The van der Waals surface area contributed by atoms with Crippen molar-refractivity contribution in [2.45, 2.75) is 6.61 Å². The number of carbonyl (C=O) groups excluding carboxylic acids is 1. The molecular weight excluding hydrogens is 514 g/mol. The van der Waals surface area contributed by atoms with Crippen LogP contribution in [0.5, 0.6) is 11.5 Å². The Morgan fingerprint density at radius 1 is 1.06 bits per heavy atom. The van der Waals surface area contributed by atoms with E-state index in [2.05, 4.69) is 44.7 Å². The average molecular weight is 534 g/mol. The number of nitro groups is 1. The number of ether oxygens (including phenoxy) is 2. The second-order valence-corrected chi connectivity index (χ2v) is 8.31. The Balaban J connectivity index is 1.47. The Bertz CT molecular complexity index is 1430. The van der Waals surface area contributed by atoms with Crippen molar-refractivity contribution in [2.75, 3.05) is 7.11 Å². The third kappa shape index (κ3) is 5.64. The summed E-state index contributed by atoms with van der Waals surface area (Å²) in [7, 11) is 1.54. The van der Waals surface area contributed by atoms with E-state index in [4.69, 9.17) is 9.47 Å². The van der Waals surface area contributed by atoms with Crippen molar-refractivity contribution in [3.8, 4) is 11.5 Å². The smallest absolute Gasteiger partial charge is 0.271 e. The highest BCUT2D eigenvalue weighted by Crippen LogP contribution is 2.34. The average Bonchev–Trinajstić information content (AvgIpc) is 2.88. The van der Waals surface area contributed by atoms with Gasteiger partial charge < -0.3 is 9.47 Å². The molecule has 0 aromatic heterocycles. The Morgan fingerprint density at radius 2 is 1.83 bits per heavy atom.